The van der Waals surface area contributed by atoms with Crippen molar-refractivity contribution in [3.63, 3.8) is 0 Å². The quantitative estimate of drug-likeness (QED) is 0.731. The van der Waals surface area contributed by atoms with Crippen LogP contribution in [0.4, 0.5) is 0 Å². The first kappa shape index (κ1) is 11.5. The SMILES string of the molecule is CCCCN[C@H](C)c1ccc(Cl)cc1. The molecule has 0 spiro atoms. The highest BCUT2D eigenvalue weighted by Gasteiger charge is 2.02. The minimum absolute atomic E-state index is 0.416. The zero-order valence-corrected chi connectivity index (χ0v) is 9.64. The van der Waals surface area contributed by atoms with Crippen LogP contribution in [-0.4, -0.2) is 6.54 Å². The average molecular weight is 212 g/mol. The van der Waals surface area contributed by atoms with Crippen LogP contribution in [0.5, 0.6) is 0 Å². The summed E-state index contributed by atoms with van der Waals surface area (Å²) in [7, 11) is 0. The summed E-state index contributed by atoms with van der Waals surface area (Å²) in [5.41, 5.74) is 1.30. The second kappa shape index (κ2) is 6.05. The largest absolute Gasteiger partial charge is 0.310 e. The van der Waals surface area contributed by atoms with Crippen LogP contribution in [0.3, 0.4) is 0 Å². The maximum absolute atomic E-state index is 5.82. The van der Waals surface area contributed by atoms with Gasteiger partial charge in [-0.1, -0.05) is 37.1 Å². The molecule has 1 rings (SSSR count). The molecular formula is C12H18ClN. The molecule has 0 heterocycles. The van der Waals surface area contributed by atoms with E-state index >= 15 is 0 Å². The Hall–Kier alpha value is -0.530. The van der Waals surface area contributed by atoms with Gasteiger partial charge >= 0.3 is 0 Å². The highest BCUT2D eigenvalue weighted by molar-refractivity contribution is 6.30. The van der Waals surface area contributed by atoms with Gasteiger partial charge in [0.05, 0.1) is 0 Å². The minimum atomic E-state index is 0.416. The van der Waals surface area contributed by atoms with Gasteiger partial charge in [-0.05, 0) is 37.6 Å². The van der Waals surface area contributed by atoms with Crippen LogP contribution in [-0.2, 0) is 0 Å². The fraction of sp³-hybridized carbons (Fsp3) is 0.500. The first-order chi connectivity index (χ1) is 6.74. The summed E-state index contributed by atoms with van der Waals surface area (Å²) in [4.78, 5) is 0. The van der Waals surface area contributed by atoms with Crippen molar-refractivity contribution in [1.82, 2.24) is 5.32 Å². The molecule has 14 heavy (non-hydrogen) atoms. The Morgan fingerprint density at radius 3 is 2.50 bits per heavy atom. The number of unbranched alkanes of at least 4 members (excludes halogenated alkanes) is 1. The topological polar surface area (TPSA) is 12.0 Å². The fourth-order valence-electron chi connectivity index (χ4n) is 1.36. The maximum atomic E-state index is 5.82. The molecule has 0 aliphatic heterocycles. The van der Waals surface area contributed by atoms with E-state index < -0.39 is 0 Å². The predicted molar refractivity (Wildman–Crippen MR) is 62.8 cm³/mol. The molecule has 2 heteroatoms. The monoisotopic (exact) mass is 211 g/mol. The Kier molecular flexibility index (Phi) is 4.99. The van der Waals surface area contributed by atoms with E-state index in [-0.39, 0.29) is 0 Å². The second-order valence-corrected chi connectivity index (χ2v) is 4.02. The van der Waals surface area contributed by atoms with Gasteiger partial charge in [-0.2, -0.15) is 0 Å². The summed E-state index contributed by atoms with van der Waals surface area (Å²) >= 11 is 5.82. The molecule has 0 saturated carbocycles. The van der Waals surface area contributed by atoms with E-state index in [2.05, 4.69) is 31.3 Å². The van der Waals surface area contributed by atoms with Gasteiger partial charge < -0.3 is 5.32 Å². The molecule has 78 valence electrons. The standard InChI is InChI=1S/C12H18ClN/c1-3-4-9-14-10(2)11-5-7-12(13)8-6-11/h5-8,10,14H,3-4,9H2,1-2H3/t10-/m1/s1. The molecule has 1 atom stereocenters. The average Bonchev–Trinajstić information content (AvgIpc) is 2.19. The summed E-state index contributed by atoms with van der Waals surface area (Å²) in [6, 6.07) is 8.45. The van der Waals surface area contributed by atoms with Crippen LogP contribution in [0, 0.1) is 0 Å². The molecule has 0 unspecified atom stereocenters. The van der Waals surface area contributed by atoms with Gasteiger partial charge in [-0.15, -0.1) is 0 Å². The van der Waals surface area contributed by atoms with E-state index in [4.69, 9.17) is 11.6 Å². The molecule has 1 aromatic carbocycles. The lowest BCUT2D eigenvalue weighted by molar-refractivity contribution is 0.554. The molecule has 0 fully saturated rings. The molecule has 1 N–H and O–H groups in total. The van der Waals surface area contributed by atoms with Crippen molar-refractivity contribution in [3.05, 3.63) is 34.9 Å². The van der Waals surface area contributed by atoms with Gasteiger partial charge in [0.1, 0.15) is 0 Å². The normalized spacial score (nSPS) is 12.8. The molecule has 0 bridgehead atoms. The number of nitrogens with one attached hydrogen (secondary N) is 1. The fourth-order valence-corrected chi connectivity index (χ4v) is 1.49. The highest BCUT2D eigenvalue weighted by Crippen LogP contribution is 2.15. The van der Waals surface area contributed by atoms with Crippen molar-refractivity contribution in [3.8, 4) is 0 Å². The maximum Gasteiger partial charge on any atom is 0.0406 e. The second-order valence-electron chi connectivity index (χ2n) is 3.58. The Bertz CT molecular complexity index is 256. The predicted octanol–water partition coefficient (Wildman–Crippen LogP) is 3.79. The van der Waals surface area contributed by atoms with Gasteiger partial charge in [-0.25, -0.2) is 0 Å². The summed E-state index contributed by atoms with van der Waals surface area (Å²) < 4.78 is 0. The molecule has 0 aromatic heterocycles. The third-order valence-corrected chi connectivity index (χ3v) is 2.60. The number of halogens is 1. The molecule has 0 amide bonds. The molecular weight excluding hydrogens is 194 g/mol. The lowest BCUT2D eigenvalue weighted by Crippen LogP contribution is -2.19. The van der Waals surface area contributed by atoms with Crippen LogP contribution in [0.1, 0.15) is 38.3 Å². The summed E-state index contributed by atoms with van der Waals surface area (Å²) in [6.45, 7) is 5.47. The third-order valence-electron chi connectivity index (χ3n) is 2.35. The molecule has 1 nitrogen and oxygen atoms in total. The van der Waals surface area contributed by atoms with E-state index in [1.807, 2.05) is 12.1 Å². The highest BCUT2D eigenvalue weighted by atomic mass is 35.5. The smallest absolute Gasteiger partial charge is 0.0406 e. The zero-order valence-electron chi connectivity index (χ0n) is 8.89. The molecule has 0 radical (unpaired) electrons. The summed E-state index contributed by atoms with van der Waals surface area (Å²) in [5.74, 6) is 0. The first-order valence-electron chi connectivity index (χ1n) is 5.23. The van der Waals surface area contributed by atoms with Crippen molar-refractivity contribution < 1.29 is 0 Å². The molecule has 0 aliphatic carbocycles. The zero-order chi connectivity index (χ0) is 10.4. The lowest BCUT2D eigenvalue weighted by atomic mass is 10.1. The van der Waals surface area contributed by atoms with Gasteiger partial charge in [0, 0.05) is 11.1 Å². The van der Waals surface area contributed by atoms with E-state index in [9.17, 15) is 0 Å². The Morgan fingerprint density at radius 2 is 1.93 bits per heavy atom. The van der Waals surface area contributed by atoms with Crippen molar-refractivity contribution in [2.24, 2.45) is 0 Å². The Labute approximate surface area is 91.5 Å². The van der Waals surface area contributed by atoms with Crippen molar-refractivity contribution in [1.29, 1.82) is 0 Å². The first-order valence-corrected chi connectivity index (χ1v) is 5.60. The summed E-state index contributed by atoms with van der Waals surface area (Å²) in [5, 5.41) is 4.28. The lowest BCUT2D eigenvalue weighted by Gasteiger charge is -2.13. The third kappa shape index (κ3) is 3.69. The number of hydrogen-bond acceptors (Lipinski definition) is 1. The van der Waals surface area contributed by atoms with Crippen LogP contribution in [0.15, 0.2) is 24.3 Å². The van der Waals surface area contributed by atoms with Crippen molar-refractivity contribution in [2.45, 2.75) is 32.7 Å². The van der Waals surface area contributed by atoms with Crippen LogP contribution >= 0.6 is 11.6 Å². The number of hydrogen-bond donors (Lipinski definition) is 1. The van der Waals surface area contributed by atoms with E-state index in [1.54, 1.807) is 0 Å². The van der Waals surface area contributed by atoms with E-state index in [1.165, 1.54) is 18.4 Å². The summed E-state index contributed by atoms with van der Waals surface area (Å²) in [6.07, 6.45) is 2.47. The van der Waals surface area contributed by atoms with Gasteiger partial charge in [0.2, 0.25) is 0 Å². The van der Waals surface area contributed by atoms with E-state index in [0.717, 1.165) is 11.6 Å². The van der Waals surface area contributed by atoms with Gasteiger partial charge in [-0.3, -0.25) is 0 Å². The van der Waals surface area contributed by atoms with Gasteiger partial charge in [0.25, 0.3) is 0 Å². The Balaban J connectivity index is 2.43. The van der Waals surface area contributed by atoms with Crippen LogP contribution < -0.4 is 5.32 Å². The van der Waals surface area contributed by atoms with E-state index in [0.29, 0.717) is 6.04 Å². The van der Waals surface area contributed by atoms with Gasteiger partial charge in [0.15, 0.2) is 0 Å². The minimum Gasteiger partial charge on any atom is -0.310 e. The number of rotatable bonds is 5. The van der Waals surface area contributed by atoms with Crippen molar-refractivity contribution >= 4 is 11.6 Å². The molecule has 0 aliphatic rings. The molecule has 0 saturated heterocycles. The number of benzene rings is 1. The van der Waals surface area contributed by atoms with Crippen LogP contribution in [0.2, 0.25) is 5.02 Å². The van der Waals surface area contributed by atoms with Crippen LogP contribution in [0.25, 0.3) is 0 Å². The Morgan fingerprint density at radius 1 is 1.29 bits per heavy atom. The molecule has 1 aromatic rings. The van der Waals surface area contributed by atoms with Crippen molar-refractivity contribution in [2.75, 3.05) is 6.54 Å².